The quantitative estimate of drug-likeness (QED) is 0.704. The third-order valence-corrected chi connectivity index (χ3v) is 1.93. The van der Waals surface area contributed by atoms with Crippen LogP contribution in [0.4, 0.5) is 5.82 Å². The molecule has 0 aromatic carbocycles. The first-order chi connectivity index (χ1) is 7.54. The number of primary amides is 1. The normalized spacial score (nSPS) is 9.62. The molecule has 0 aliphatic rings. The summed E-state index contributed by atoms with van der Waals surface area (Å²) in [6.07, 6.45) is 0. The van der Waals surface area contributed by atoms with Gasteiger partial charge in [-0.25, -0.2) is 9.78 Å². The Morgan fingerprint density at radius 3 is 2.69 bits per heavy atom. The van der Waals surface area contributed by atoms with Gasteiger partial charge in [0.15, 0.2) is 0 Å². The van der Waals surface area contributed by atoms with Gasteiger partial charge in [0.2, 0.25) is 5.91 Å². The Kier molecular flexibility index (Phi) is 3.82. The van der Waals surface area contributed by atoms with E-state index in [4.69, 9.17) is 5.73 Å². The number of ether oxygens (including phenoxy) is 1. The number of esters is 1. The number of anilines is 1. The summed E-state index contributed by atoms with van der Waals surface area (Å²) in [4.78, 5) is 25.9. The summed E-state index contributed by atoms with van der Waals surface area (Å²) in [5.41, 5.74) is 5.90. The Labute approximate surface area is 92.8 Å². The second-order valence-corrected chi connectivity index (χ2v) is 3.14. The molecule has 1 aromatic heterocycles. The Bertz CT molecular complexity index is 418. The van der Waals surface area contributed by atoms with Crippen LogP contribution in [0, 0.1) is 6.92 Å². The number of carbonyl (C=O) groups excluding carboxylic acids is 2. The molecule has 0 atom stereocenters. The number of hydrogen-bond acceptors (Lipinski definition) is 5. The zero-order valence-corrected chi connectivity index (χ0v) is 9.11. The van der Waals surface area contributed by atoms with E-state index >= 15 is 0 Å². The van der Waals surface area contributed by atoms with E-state index in [1.54, 1.807) is 19.1 Å². The molecule has 1 aromatic rings. The largest absolute Gasteiger partial charge is 0.465 e. The fraction of sp³-hybridized carbons (Fsp3) is 0.300. The molecule has 0 radical (unpaired) electrons. The Balaban J connectivity index is 2.82. The number of rotatable bonds is 4. The molecule has 1 heterocycles. The molecule has 0 saturated heterocycles. The van der Waals surface area contributed by atoms with Crippen LogP contribution in [0.2, 0.25) is 0 Å². The first-order valence-electron chi connectivity index (χ1n) is 4.62. The third kappa shape index (κ3) is 2.94. The van der Waals surface area contributed by atoms with Crippen molar-refractivity contribution in [3.05, 3.63) is 23.4 Å². The van der Waals surface area contributed by atoms with Crippen LogP contribution in [0.3, 0.4) is 0 Å². The molecule has 86 valence electrons. The Morgan fingerprint density at radius 1 is 1.50 bits per heavy atom. The zero-order valence-electron chi connectivity index (χ0n) is 9.11. The highest BCUT2D eigenvalue weighted by atomic mass is 16.5. The fourth-order valence-electron chi connectivity index (χ4n) is 1.16. The summed E-state index contributed by atoms with van der Waals surface area (Å²) in [5, 5.41) is 2.73. The van der Waals surface area contributed by atoms with Crippen LogP contribution in [0.15, 0.2) is 12.1 Å². The molecule has 16 heavy (non-hydrogen) atoms. The molecule has 0 aliphatic carbocycles. The van der Waals surface area contributed by atoms with Crippen LogP contribution in [-0.2, 0) is 9.53 Å². The molecule has 1 amide bonds. The summed E-state index contributed by atoms with van der Waals surface area (Å²) in [7, 11) is 1.31. The van der Waals surface area contributed by atoms with Crippen molar-refractivity contribution in [2.75, 3.05) is 19.0 Å². The van der Waals surface area contributed by atoms with Gasteiger partial charge in [0.25, 0.3) is 0 Å². The van der Waals surface area contributed by atoms with E-state index < -0.39 is 11.9 Å². The highest BCUT2D eigenvalue weighted by Gasteiger charge is 2.10. The van der Waals surface area contributed by atoms with Gasteiger partial charge in [0.1, 0.15) is 5.82 Å². The molecule has 0 spiro atoms. The molecule has 3 N–H and O–H groups in total. The Morgan fingerprint density at radius 2 is 2.19 bits per heavy atom. The predicted octanol–water partition coefficient (Wildman–Crippen LogP) is 0.0738. The van der Waals surface area contributed by atoms with Crippen molar-refractivity contribution in [3.63, 3.8) is 0 Å². The van der Waals surface area contributed by atoms with Crippen LogP contribution in [-0.4, -0.2) is 30.5 Å². The van der Waals surface area contributed by atoms with Gasteiger partial charge in [-0.15, -0.1) is 0 Å². The van der Waals surface area contributed by atoms with Gasteiger partial charge in [-0.05, 0) is 19.1 Å². The van der Waals surface area contributed by atoms with Crippen molar-refractivity contribution in [2.24, 2.45) is 5.73 Å². The standard InChI is InChI=1S/C10H13N3O3/c1-6-7(10(15)16-2)3-4-9(13-6)12-5-8(11)14/h3-4H,5H2,1-2H3,(H2,11,14)(H,12,13). The molecule has 0 bridgehead atoms. The number of aromatic nitrogens is 1. The molecular weight excluding hydrogens is 210 g/mol. The molecule has 6 heteroatoms. The topological polar surface area (TPSA) is 94.3 Å². The number of nitrogens with two attached hydrogens (primary N) is 1. The van der Waals surface area contributed by atoms with Crippen molar-refractivity contribution in [1.29, 1.82) is 0 Å². The highest BCUT2D eigenvalue weighted by molar-refractivity contribution is 5.90. The Hall–Kier alpha value is -2.11. The number of carbonyl (C=O) groups is 2. The molecule has 1 rings (SSSR count). The van der Waals surface area contributed by atoms with Crippen molar-refractivity contribution < 1.29 is 14.3 Å². The lowest BCUT2D eigenvalue weighted by atomic mass is 10.2. The summed E-state index contributed by atoms with van der Waals surface area (Å²) in [5.74, 6) is -0.424. The predicted molar refractivity (Wildman–Crippen MR) is 58.0 cm³/mol. The van der Waals surface area contributed by atoms with Gasteiger partial charge in [-0.2, -0.15) is 0 Å². The van der Waals surface area contributed by atoms with Crippen LogP contribution < -0.4 is 11.1 Å². The van der Waals surface area contributed by atoms with Gasteiger partial charge in [0.05, 0.1) is 24.9 Å². The summed E-state index contributed by atoms with van der Waals surface area (Å²) < 4.78 is 4.58. The summed E-state index contributed by atoms with van der Waals surface area (Å²) in [6.45, 7) is 1.69. The highest BCUT2D eigenvalue weighted by Crippen LogP contribution is 2.11. The molecule has 0 fully saturated rings. The van der Waals surface area contributed by atoms with Gasteiger partial charge in [-0.3, -0.25) is 4.79 Å². The maximum atomic E-state index is 11.3. The van der Waals surface area contributed by atoms with Crippen LogP contribution >= 0.6 is 0 Å². The van der Waals surface area contributed by atoms with E-state index in [1.165, 1.54) is 7.11 Å². The minimum Gasteiger partial charge on any atom is -0.465 e. The van der Waals surface area contributed by atoms with E-state index in [0.717, 1.165) is 0 Å². The second kappa shape index (κ2) is 5.11. The zero-order chi connectivity index (χ0) is 12.1. The first kappa shape index (κ1) is 12.0. The lowest BCUT2D eigenvalue weighted by Crippen LogP contribution is -2.22. The minimum absolute atomic E-state index is 0.00398. The average molecular weight is 223 g/mol. The van der Waals surface area contributed by atoms with Crippen molar-refractivity contribution >= 4 is 17.7 Å². The molecule has 0 unspecified atom stereocenters. The van der Waals surface area contributed by atoms with Gasteiger partial charge in [0, 0.05) is 0 Å². The van der Waals surface area contributed by atoms with Gasteiger partial charge in [-0.1, -0.05) is 0 Å². The van der Waals surface area contributed by atoms with Gasteiger partial charge >= 0.3 is 5.97 Å². The van der Waals surface area contributed by atoms with Crippen molar-refractivity contribution in [2.45, 2.75) is 6.92 Å². The van der Waals surface area contributed by atoms with E-state index in [1.807, 2.05) is 0 Å². The third-order valence-electron chi connectivity index (χ3n) is 1.93. The van der Waals surface area contributed by atoms with Crippen LogP contribution in [0.5, 0.6) is 0 Å². The van der Waals surface area contributed by atoms with Crippen LogP contribution in [0.1, 0.15) is 16.1 Å². The molecule has 0 aliphatic heterocycles. The number of nitrogens with one attached hydrogen (secondary N) is 1. The molecule has 0 saturated carbocycles. The fourth-order valence-corrected chi connectivity index (χ4v) is 1.16. The number of aryl methyl sites for hydroxylation is 1. The van der Waals surface area contributed by atoms with Crippen molar-refractivity contribution in [3.8, 4) is 0 Å². The van der Waals surface area contributed by atoms with Gasteiger partial charge < -0.3 is 15.8 Å². The molecule has 6 nitrogen and oxygen atoms in total. The van der Waals surface area contributed by atoms with Crippen LogP contribution in [0.25, 0.3) is 0 Å². The van der Waals surface area contributed by atoms with E-state index in [2.05, 4.69) is 15.0 Å². The number of pyridine rings is 1. The number of nitrogens with zero attached hydrogens (tertiary/aromatic N) is 1. The maximum Gasteiger partial charge on any atom is 0.339 e. The van der Waals surface area contributed by atoms with Crippen molar-refractivity contribution in [1.82, 2.24) is 4.98 Å². The lowest BCUT2D eigenvalue weighted by Gasteiger charge is -2.06. The van der Waals surface area contributed by atoms with E-state index in [9.17, 15) is 9.59 Å². The van der Waals surface area contributed by atoms with E-state index in [0.29, 0.717) is 17.1 Å². The smallest absolute Gasteiger partial charge is 0.339 e. The summed E-state index contributed by atoms with van der Waals surface area (Å²) >= 11 is 0. The van der Waals surface area contributed by atoms with E-state index in [-0.39, 0.29) is 6.54 Å². The SMILES string of the molecule is COC(=O)c1ccc(NCC(N)=O)nc1C. The maximum absolute atomic E-state index is 11.3. The second-order valence-electron chi connectivity index (χ2n) is 3.14. The lowest BCUT2D eigenvalue weighted by molar-refractivity contribution is -0.116. The number of amides is 1. The average Bonchev–Trinajstić information content (AvgIpc) is 2.25. The number of methoxy groups -OCH3 is 1. The molecular formula is C10H13N3O3. The first-order valence-corrected chi connectivity index (χ1v) is 4.62. The summed E-state index contributed by atoms with van der Waals surface area (Å²) in [6, 6.07) is 3.17. The number of hydrogen-bond donors (Lipinski definition) is 2. The minimum atomic E-state index is -0.475. The monoisotopic (exact) mass is 223 g/mol.